The summed E-state index contributed by atoms with van der Waals surface area (Å²) in [5.74, 6) is -0.676. The number of carboxylic acid groups (broad SMARTS) is 1. The molecule has 0 radical (unpaired) electrons. The van der Waals surface area contributed by atoms with Crippen LogP contribution < -0.4 is 4.74 Å². The largest absolute Gasteiger partial charge is 0.492 e. The molecule has 0 aliphatic carbocycles. The highest BCUT2D eigenvalue weighted by Crippen LogP contribution is 2.26. The minimum Gasteiger partial charge on any atom is -0.492 e. The Morgan fingerprint density at radius 1 is 1.60 bits per heavy atom. The molecule has 0 spiro atoms. The summed E-state index contributed by atoms with van der Waals surface area (Å²) in [4.78, 5) is 10.6. The van der Waals surface area contributed by atoms with E-state index in [4.69, 9.17) is 9.84 Å². The molecule has 1 aromatic rings. The van der Waals surface area contributed by atoms with Crippen LogP contribution in [-0.4, -0.2) is 17.7 Å². The molecule has 4 heteroatoms. The number of benzene rings is 1. The number of hydrogen-bond donors (Lipinski definition) is 1. The zero-order valence-corrected chi connectivity index (χ0v) is 10.2. The highest BCUT2D eigenvalue weighted by atomic mass is 79.9. The predicted molar refractivity (Wildman–Crippen MR) is 61.2 cm³/mol. The molecule has 0 aliphatic heterocycles. The van der Waals surface area contributed by atoms with E-state index in [9.17, 15) is 4.79 Å². The molecule has 0 saturated carbocycles. The van der Waals surface area contributed by atoms with E-state index in [-0.39, 0.29) is 6.61 Å². The number of ether oxygens (including phenoxy) is 1. The molecule has 0 heterocycles. The van der Waals surface area contributed by atoms with Gasteiger partial charge < -0.3 is 9.84 Å². The van der Waals surface area contributed by atoms with Crippen LogP contribution in [-0.2, 0) is 4.79 Å². The van der Waals surface area contributed by atoms with Crippen LogP contribution in [0.3, 0.4) is 0 Å². The molecular weight excluding hydrogens is 260 g/mol. The van der Waals surface area contributed by atoms with Gasteiger partial charge in [-0.3, -0.25) is 4.79 Å². The van der Waals surface area contributed by atoms with Gasteiger partial charge in [-0.15, -0.1) is 0 Å². The van der Waals surface area contributed by atoms with Gasteiger partial charge in [-0.1, -0.05) is 6.07 Å². The number of halogens is 1. The smallest absolute Gasteiger partial charge is 0.309 e. The zero-order valence-electron chi connectivity index (χ0n) is 8.66. The summed E-state index contributed by atoms with van der Waals surface area (Å²) in [6.07, 6.45) is 0. The van der Waals surface area contributed by atoms with Crippen LogP contribution in [0.1, 0.15) is 12.5 Å². The zero-order chi connectivity index (χ0) is 11.4. The summed E-state index contributed by atoms with van der Waals surface area (Å²) in [7, 11) is 0. The quantitative estimate of drug-likeness (QED) is 0.917. The Morgan fingerprint density at radius 2 is 2.27 bits per heavy atom. The summed E-state index contributed by atoms with van der Waals surface area (Å²) >= 11 is 3.36. The fourth-order valence-corrected chi connectivity index (χ4v) is 1.62. The van der Waals surface area contributed by atoms with E-state index < -0.39 is 11.9 Å². The molecule has 1 aromatic carbocycles. The minimum absolute atomic E-state index is 0.178. The Morgan fingerprint density at radius 3 is 2.80 bits per heavy atom. The second-order valence-electron chi connectivity index (χ2n) is 3.48. The number of aryl methyl sites for hydroxylation is 1. The van der Waals surface area contributed by atoms with Crippen LogP contribution in [0.25, 0.3) is 0 Å². The molecule has 1 N–H and O–H groups in total. The molecule has 3 nitrogen and oxygen atoms in total. The third-order valence-corrected chi connectivity index (χ3v) is 2.62. The van der Waals surface area contributed by atoms with Crippen molar-refractivity contribution < 1.29 is 14.6 Å². The molecule has 0 aromatic heterocycles. The first kappa shape index (κ1) is 12.0. The van der Waals surface area contributed by atoms with Crippen molar-refractivity contribution in [3.63, 3.8) is 0 Å². The van der Waals surface area contributed by atoms with Gasteiger partial charge in [-0.05, 0) is 47.5 Å². The highest BCUT2D eigenvalue weighted by Gasteiger charge is 2.12. The third kappa shape index (κ3) is 3.55. The summed E-state index contributed by atoms with van der Waals surface area (Å²) < 4.78 is 6.23. The number of hydrogen-bond acceptors (Lipinski definition) is 2. The molecule has 0 amide bonds. The lowest BCUT2D eigenvalue weighted by atomic mass is 10.2. The Balaban J connectivity index is 2.62. The fourth-order valence-electron chi connectivity index (χ4n) is 1.01. The first-order valence-corrected chi connectivity index (χ1v) is 5.41. The Labute approximate surface area is 97.2 Å². The first-order chi connectivity index (χ1) is 7.00. The number of carboxylic acids is 1. The van der Waals surface area contributed by atoms with Gasteiger partial charge in [0, 0.05) is 0 Å². The molecule has 1 rings (SSSR count). The van der Waals surface area contributed by atoms with E-state index in [1.165, 1.54) is 0 Å². The van der Waals surface area contributed by atoms with E-state index in [0.717, 1.165) is 10.0 Å². The summed E-state index contributed by atoms with van der Waals surface area (Å²) in [5.41, 5.74) is 1.13. The van der Waals surface area contributed by atoms with Crippen LogP contribution in [0.4, 0.5) is 0 Å². The van der Waals surface area contributed by atoms with Crippen molar-refractivity contribution in [3.8, 4) is 5.75 Å². The third-order valence-electron chi connectivity index (χ3n) is 2.00. The van der Waals surface area contributed by atoms with E-state index in [1.54, 1.807) is 6.92 Å². The summed E-state index contributed by atoms with van der Waals surface area (Å²) in [5, 5.41) is 8.68. The molecule has 0 fully saturated rings. The van der Waals surface area contributed by atoms with Gasteiger partial charge in [0.1, 0.15) is 12.4 Å². The molecule has 1 unspecified atom stereocenters. The van der Waals surface area contributed by atoms with Crippen LogP contribution in [0.2, 0.25) is 0 Å². The number of rotatable bonds is 4. The van der Waals surface area contributed by atoms with Gasteiger partial charge in [0.25, 0.3) is 0 Å². The monoisotopic (exact) mass is 272 g/mol. The van der Waals surface area contributed by atoms with Gasteiger partial charge in [-0.25, -0.2) is 0 Å². The van der Waals surface area contributed by atoms with Crippen LogP contribution in [0.15, 0.2) is 22.7 Å². The van der Waals surface area contributed by atoms with Crippen LogP contribution >= 0.6 is 15.9 Å². The maximum Gasteiger partial charge on any atom is 0.309 e. The van der Waals surface area contributed by atoms with Gasteiger partial charge >= 0.3 is 5.97 Å². The van der Waals surface area contributed by atoms with Crippen molar-refractivity contribution in [1.82, 2.24) is 0 Å². The molecule has 1 atom stereocenters. The van der Waals surface area contributed by atoms with E-state index in [2.05, 4.69) is 15.9 Å². The predicted octanol–water partition coefficient (Wildman–Crippen LogP) is 2.86. The van der Waals surface area contributed by atoms with Crippen molar-refractivity contribution in [2.24, 2.45) is 5.92 Å². The maximum absolute atomic E-state index is 10.6. The van der Waals surface area contributed by atoms with Crippen LogP contribution in [0, 0.1) is 12.8 Å². The SMILES string of the molecule is Cc1ccc(OCC(C)C(=O)O)c(Br)c1. The lowest BCUT2D eigenvalue weighted by molar-refractivity contribution is -0.142. The average molecular weight is 273 g/mol. The second-order valence-corrected chi connectivity index (χ2v) is 4.34. The number of aliphatic carboxylic acids is 1. The lowest BCUT2D eigenvalue weighted by Crippen LogP contribution is -2.18. The van der Waals surface area contributed by atoms with Crippen molar-refractivity contribution in [2.45, 2.75) is 13.8 Å². The van der Waals surface area contributed by atoms with Gasteiger partial charge in [0.05, 0.1) is 10.4 Å². The van der Waals surface area contributed by atoms with E-state index in [1.807, 2.05) is 25.1 Å². The average Bonchev–Trinajstić information content (AvgIpc) is 2.15. The van der Waals surface area contributed by atoms with Crippen LogP contribution in [0.5, 0.6) is 5.75 Å². The molecule has 0 aliphatic rings. The molecule has 0 saturated heterocycles. The summed E-state index contributed by atoms with van der Waals surface area (Å²) in [6.45, 7) is 3.77. The van der Waals surface area contributed by atoms with Crippen molar-refractivity contribution in [3.05, 3.63) is 28.2 Å². The standard InChI is InChI=1S/C11H13BrO3/c1-7-3-4-10(9(12)5-7)15-6-8(2)11(13)14/h3-5,8H,6H2,1-2H3,(H,13,14). The molecular formula is C11H13BrO3. The first-order valence-electron chi connectivity index (χ1n) is 4.62. The van der Waals surface area contributed by atoms with E-state index in [0.29, 0.717) is 5.75 Å². The lowest BCUT2D eigenvalue weighted by Gasteiger charge is -2.10. The van der Waals surface area contributed by atoms with Crippen molar-refractivity contribution >= 4 is 21.9 Å². The minimum atomic E-state index is -0.849. The van der Waals surface area contributed by atoms with Gasteiger partial charge in [-0.2, -0.15) is 0 Å². The second kappa shape index (κ2) is 5.16. The maximum atomic E-state index is 10.6. The Bertz CT molecular complexity index is 363. The topological polar surface area (TPSA) is 46.5 Å². The normalized spacial score (nSPS) is 12.2. The van der Waals surface area contributed by atoms with Gasteiger partial charge in [0.2, 0.25) is 0 Å². The van der Waals surface area contributed by atoms with E-state index >= 15 is 0 Å². The fraction of sp³-hybridized carbons (Fsp3) is 0.364. The Kier molecular flexibility index (Phi) is 4.15. The Hall–Kier alpha value is -1.03. The molecule has 15 heavy (non-hydrogen) atoms. The highest BCUT2D eigenvalue weighted by molar-refractivity contribution is 9.10. The molecule has 82 valence electrons. The number of carbonyl (C=O) groups is 1. The molecule has 0 bridgehead atoms. The summed E-state index contributed by atoms with van der Waals surface area (Å²) in [6, 6.07) is 5.68. The van der Waals surface area contributed by atoms with Gasteiger partial charge in [0.15, 0.2) is 0 Å². The van der Waals surface area contributed by atoms with Crippen molar-refractivity contribution in [2.75, 3.05) is 6.61 Å². The van der Waals surface area contributed by atoms with Crippen molar-refractivity contribution in [1.29, 1.82) is 0 Å².